The van der Waals surface area contributed by atoms with E-state index in [9.17, 15) is 4.79 Å². The first-order valence-electron chi connectivity index (χ1n) is 10.0. The second-order valence-electron chi connectivity index (χ2n) is 7.61. The summed E-state index contributed by atoms with van der Waals surface area (Å²) in [6, 6.07) is 2.02. The van der Waals surface area contributed by atoms with E-state index in [1.807, 2.05) is 6.07 Å². The molecule has 0 saturated carbocycles. The van der Waals surface area contributed by atoms with Gasteiger partial charge < -0.3 is 20.4 Å². The topological polar surface area (TPSA) is 107 Å². The molecule has 2 aromatic heterocycles. The lowest BCUT2D eigenvalue weighted by atomic mass is 9.93. The predicted octanol–water partition coefficient (Wildman–Crippen LogP) is 3.35. The predicted molar refractivity (Wildman–Crippen MR) is 117 cm³/mol. The van der Waals surface area contributed by atoms with Crippen LogP contribution in [0.4, 0.5) is 5.95 Å². The Morgan fingerprint density at radius 3 is 2.76 bits per heavy atom. The number of hydrogen-bond donors (Lipinski definition) is 2. The number of carbonyl (C=O) groups excluding carboxylic acids is 1. The Morgan fingerprint density at radius 2 is 2.14 bits per heavy atom. The van der Waals surface area contributed by atoms with Crippen molar-refractivity contribution in [3.8, 4) is 0 Å². The number of nitrogens with two attached hydrogens (primary N) is 1. The van der Waals surface area contributed by atoms with E-state index in [0.717, 1.165) is 24.0 Å². The van der Waals surface area contributed by atoms with Crippen molar-refractivity contribution < 1.29 is 9.53 Å². The fourth-order valence-electron chi connectivity index (χ4n) is 3.01. The van der Waals surface area contributed by atoms with Gasteiger partial charge in [0.15, 0.2) is 0 Å². The molecular formula is C21H32N6O2. The standard InChI is InChI=1S/C21H32N6O2/c1-6-16(14(2)3)13-27-8-7-17-10-24-21(26-20(17)27)25-18(9-22)11-23-12-19(28)29-15(4)5/h7-11,14-16H,6,12-13,22H2,1-5H3,(H,24,25,26)/t16-/m1/s1. The van der Waals surface area contributed by atoms with E-state index in [4.69, 9.17) is 10.5 Å². The number of hydrogen-bond acceptors (Lipinski definition) is 7. The van der Waals surface area contributed by atoms with Crippen molar-refractivity contribution in [2.75, 3.05) is 11.9 Å². The van der Waals surface area contributed by atoms with Crippen molar-refractivity contribution in [2.24, 2.45) is 22.6 Å². The van der Waals surface area contributed by atoms with Gasteiger partial charge in [-0.05, 0) is 31.7 Å². The molecule has 0 aliphatic carbocycles. The van der Waals surface area contributed by atoms with Crippen LogP contribution in [0.5, 0.6) is 0 Å². The lowest BCUT2D eigenvalue weighted by Crippen LogP contribution is -2.16. The van der Waals surface area contributed by atoms with E-state index >= 15 is 0 Å². The molecule has 8 nitrogen and oxygen atoms in total. The lowest BCUT2D eigenvalue weighted by Gasteiger charge is -2.20. The number of rotatable bonds is 10. The minimum absolute atomic E-state index is 0.0758. The van der Waals surface area contributed by atoms with Crippen molar-refractivity contribution in [3.05, 3.63) is 30.4 Å². The van der Waals surface area contributed by atoms with Crippen LogP contribution in [0.1, 0.15) is 41.0 Å². The minimum Gasteiger partial charge on any atom is -0.462 e. The highest BCUT2D eigenvalue weighted by Crippen LogP contribution is 2.21. The molecule has 0 radical (unpaired) electrons. The van der Waals surface area contributed by atoms with E-state index in [1.54, 1.807) is 20.0 Å². The van der Waals surface area contributed by atoms with Crippen LogP contribution in [0.3, 0.4) is 0 Å². The van der Waals surface area contributed by atoms with Crippen molar-refractivity contribution in [3.63, 3.8) is 0 Å². The monoisotopic (exact) mass is 400 g/mol. The zero-order valence-corrected chi connectivity index (χ0v) is 17.9. The zero-order valence-electron chi connectivity index (χ0n) is 17.9. The molecule has 0 bridgehead atoms. The summed E-state index contributed by atoms with van der Waals surface area (Å²) in [5.41, 5.74) is 7.03. The van der Waals surface area contributed by atoms with Crippen molar-refractivity contribution in [1.29, 1.82) is 0 Å². The molecule has 1 atom stereocenters. The fourth-order valence-corrected chi connectivity index (χ4v) is 3.01. The maximum absolute atomic E-state index is 11.6. The third-order valence-corrected chi connectivity index (χ3v) is 4.65. The molecule has 158 valence electrons. The number of fused-ring (bicyclic) bond motifs is 1. The number of aromatic nitrogens is 3. The molecule has 0 fully saturated rings. The Labute approximate surface area is 172 Å². The number of ether oxygens (including phenoxy) is 1. The third-order valence-electron chi connectivity index (χ3n) is 4.65. The second-order valence-corrected chi connectivity index (χ2v) is 7.61. The molecular weight excluding hydrogens is 368 g/mol. The van der Waals surface area contributed by atoms with Gasteiger partial charge >= 0.3 is 5.97 Å². The number of anilines is 1. The van der Waals surface area contributed by atoms with Crippen LogP contribution in [-0.2, 0) is 16.1 Å². The summed E-state index contributed by atoms with van der Waals surface area (Å²) >= 11 is 0. The van der Waals surface area contributed by atoms with E-state index in [1.165, 1.54) is 12.4 Å². The molecule has 29 heavy (non-hydrogen) atoms. The van der Waals surface area contributed by atoms with Crippen LogP contribution >= 0.6 is 0 Å². The lowest BCUT2D eigenvalue weighted by molar-refractivity contribution is -0.145. The van der Waals surface area contributed by atoms with E-state index in [0.29, 0.717) is 23.5 Å². The quantitative estimate of drug-likeness (QED) is 0.468. The highest BCUT2D eigenvalue weighted by molar-refractivity contribution is 5.85. The Morgan fingerprint density at radius 1 is 1.38 bits per heavy atom. The van der Waals surface area contributed by atoms with Gasteiger partial charge in [0.1, 0.15) is 12.2 Å². The van der Waals surface area contributed by atoms with Crippen LogP contribution in [-0.4, -0.2) is 39.4 Å². The number of esters is 1. The molecule has 0 unspecified atom stereocenters. The first kappa shape index (κ1) is 22.4. The van der Waals surface area contributed by atoms with Crippen molar-refractivity contribution in [2.45, 2.75) is 53.7 Å². The molecule has 2 rings (SSSR count). The number of carbonyl (C=O) groups is 1. The van der Waals surface area contributed by atoms with Gasteiger partial charge in [-0.1, -0.05) is 27.2 Å². The summed E-state index contributed by atoms with van der Waals surface area (Å²) in [5, 5.41) is 4.03. The van der Waals surface area contributed by atoms with Crippen molar-refractivity contribution in [1.82, 2.24) is 14.5 Å². The Kier molecular flexibility index (Phi) is 8.18. The van der Waals surface area contributed by atoms with Crippen LogP contribution < -0.4 is 11.1 Å². The fraction of sp³-hybridized carbons (Fsp3) is 0.524. The molecule has 8 heteroatoms. The van der Waals surface area contributed by atoms with E-state index in [2.05, 4.69) is 51.8 Å². The highest BCUT2D eigenvalue weighted by Gasteiger charge is 2.14. The molecule has 0 aromatic carbocycles. The molecule has 0 saturated heterocycles. The zero-order chi connectivity index (χ0) is 21.4. The summed E-state index contributed by atoms with van der Waals surface area (Å²) < 4.78 is 7.21. The number of aliphatic imine (C=N–C) groups is 1. The summed E-state index contributed by atoms with van der Waals surface area (Å²) in [6.45, 7) is 11.1. The third kappa shape index (κ3) is 6.58. The Hall–Kier alpha value is -2.90. The van der Waals surface area contributed by atoms with Crippen LogP contribution in [0.25, 0.3) is 11.0 Å². The van der Waals surface area contributed by atoms with Crippen LogP contribution in [0, 0.1) is 11.8 Å². The summed E-state index contributed by atoms with van der Waals surface area (Å²) in [6.07, 6.45) is 7.61. The number of nitrogens with one attached hydrogen (secondary N) is 1. The molecule has 0 amide bonds. The SMILES string of the molecule is CC[C@H](Cn1ccc2cnc(NC(C=NCC(=O)OC(C)C)=CN)nc21)C(C)C. The van der Waals surface area contributed by atoms with Crippen molar-refractivity contribution >= 4 is 29.2 Å². The van der Waals surface area contributed by atoms with Gasteiger partial charge in [0.25, 0.3) is 0 Å². The van der Waals surface area contributed by atoms with Gasteiger partial charge in [-0.25, -0.2) is 4.98 Å². The highest BCUT2D eigenvalue weighted by atomic mass is 16.5. The average molecular weight is 401 g/mol. The smallest absolute Gasteiger partial charge is 0.327 e. The van der Waals surface area contributed by atoms with Gasteiger partial charge in [-0.15, -0.1) is 0 Å². The van der Waals surface area contributed by atoms with Gasteiger partial charge in [0.05, 0.1) is 11.8 Å². The minimum atomic E-state index is -0.390. The largest absolute Gasteiger partial charge is 0.462 e. The van der Waals surface area contributed by atoms with Gasteiger partial charge in [0.2, 0.25) is 5.95 Å². The van der Waals surface area contributed by atoms with E-state index < -0.39 is 5.97 Å². The maximum Gasteiger partial charge on any atom is 0.327 e. The first-order valence-corrected chi connectivity index (χ1v) is 10.0. The molecule has 2 heterocycles. The normalized spacial score (nSPS) is 13.6. The molecule has 0 aliphatic heterocycles. The molecule has 3 N–H and O–H groups in total. The Balaban J connectivity index is 2.10. The molecule has 2 aromatic rings. The van der Waals surface area contributed by atoms with Gasteiger partial charge in [-0.2, -0.15) is 4.98 Å². The van der Waals surface area contributed by atoms with Gasteiger partial charge in [-0.3, -0.25) is 9.79 Å². The average Bonchev–Trinajstić information content (AvgIpc) is 3.06. The van der Waals surface area contributed by atoms with E-state index in [-0.39, 0.29) is 12.6 Å². The second kappa shape index (κ2) is 10.6. The molecule has 0 aliphatic rings. The number of nitrogens with zero attached hydrogens (tertiary/aromatic N) is 4. The summed E-state index contributed by atoms with van der Waals surface area (Å²) in [5.74, 6) is 1.21. The van der Waals surface area contributed by atoms with Gasteiger partial charge in [0, 0.05) is 36.7 Å². The summed E-state index contributed by atoms with van der Waals surface area (Å²) in [4.78, 5) is 24.6. The van der Waals surface area contributed by atoms with Crippen LogP contribution in [0.2, 0.25) is 0 Å². The first-order chi connectivity index (χ1) is 13.8. The van der Waals surface area contributed by atoms with Crippen LogP contribution in [0.15, 0.2) is 35.3 Å². The molecule has 0 spiro atoms. The Bertz CT molecular complexity index is 869. The maximum atomic E-state index is 11.6. The summed E-state index contributed by atoms with van der Waals surface area (Å²) in [7, 11) is 0. The number of allylic oxidation sites excluding steroid dienone is 1.